The van der Waals surface area contributed by atoms with Gasteiger partial charge in [-0.1, -0.05) is 37.3 Å². The van der Waals surface area contributed by atoms with Crippen LogP contribution in [0.15, 0.2) is 54.7 Å². The van der Waals surface area contributed by atoms with Gasteiger partial charge in [-0.15, -0.1) is 0 Å². The van der Waals surface area contributed by atoms with E-state index in [2.05, 4.69) is 21.4 Å². The zero-order chi connectivity index (χ0) is 23.5. The highest BCUT2D eigenvalue weighted by Gasteiger charge is 2.24. The van der Waals surface area contributed by atoms with Gasteiger partial charge in [0.2, 0.25) is 0 Å². The predicted octanol–water partition coefficient (Wildman–Crippen LogP) is 5.14. The molecule has 0 bridgehead atoms. The number of aryl methyl sites for hydroxylation is 1. The van der Waals surface area contributed by atoms with Crippen molar-refractivity contribution in [2.45, 2.75) is 33.1 Å². The van der Waals surface area contributed by atoms with Gasteiger partial charge >= 0.3 is 0 Å². The maximum Gasteiger partial charge on any atom is 0.268 e. The number of para-hydroxylation sites is 1. The standard InChI is InChI=1S/C27H29N3O3/c1-5-20-25(17(3)31)16(2)30-26(20)27(32)29-14-22(18-10-12-19(33-4)13-11-18)23-15-28-24-9-7-6-8-21(23)24/h6-13,15,22,28,30H,5,14H2,1-4H3,(H,29,32). The smallest absolute Gasteiger partial charge is 0.268 e. The minimum Gasteiger partial charge on any atom is -0.497 e. The molecule has 0 fully saturated rings. The normalized spacial score (nSPS) is 12.0. The lowest BCUT2D eigenvalue weighted by molar-refractivity contribution is 0.0947. The van der Waals surface area contributed by atoms with Crippen LogP contribution in [-0.4, -0.2) is 35.3 Å². The van der Waals surface area contributed by atoms with E-state index in [0.717, 1.165) is 39.0 Å². The number of hydrogen-bond donors (Lipinski definition) is 3. The second-order valence-electron chi connectivity index (χ2n) is 8.21. The summed E-state index contributed by atoms with van der Waals surface area (Å²) in [7, 11) is 1.64. The second-order valence-corrected chi connectivity index (χ2v) is 8.21. The molecule has 0 spiro atoms. The number of carbonyl (C=O) groups excluding carboxylic acids is 2. The molecular weight excluding hydrogens is 414 g/mol. The molecule has 170 valence electrons. The van der Waals surface area contributed by atoms with Gasteiger partial charge in [-0.2, -0.15) is 0 Å². The molecule has 0 aliphatic heterocycles. The number of benzene rings is 2. The van der Waals surface area contributed by atoms with Crippen LogP contribution < -0.4 is 10.1 Å². The lowest BCUT2D eigenvalue weighted by Gasteiger charge is -2.19. The lowest BCUT2D eigenvalue weighted by Crippen LogP contribution is -2.30. The molecule has 6 heteroatoms. The van der Waals surface area contributed by atoms with Gasteiger partial charge in [0, 0.05) is 40.8 Å². The Morgan fingerprint density at radius 3 is 2.48 bits per heavy atom. The summed E-state index contributed by atoms with van der Waals surface area (Å²) in [4.78, 5) is 31.8. The van der Waals surface area contributed by atoms with E-state index in [-0.39, 0.29) is 17.6 Å². The number of H-pyrrole nitrogens is 2. The van der Waals surface area contributed by atoms with Crippen LogP contribution in [0.1, 0.15) is 63.0 Å². The van der Waals surface area contributed by atoms with E-state index in [1.807, 2.05) is 62.5 Å². The number of methoxy groups -OCH3 is 1. The number of rotatable bonds is 8. The van der Waals surface area contributed by atoms with E-state index < -0.39 is 0 Å². The van der Waals surface area contributed by atoms with Crippen LogP contribution in [0.2, 0.25) is 0 Å². The van der Waals surface area contributed by atoms with Gasteiger partial charge in [-0.3, -0.25) is 9.59 Å². The number of ketones is 1. The molecule has 0 saturated carbocycles. The van der Waals surface area contributed by atoms with Crippen molar-refractivity contribution >= 4 is 22.6 Å². The van der Waals surface area contributed by atoms with Crippen molar-refractivity contribution in [2.75, 3.05) is 13.7 Å². The Morgan fingerprint density at radius 2 is 1.82 bits per heavy atom. The first kappa shape index (κ1) is 22.4. The summed E-state index contributed by atoms with van der Waals surface area (Å²) in [5, 5.41) is 4.23. The van der Waals surface area contributed by atoms with Crippen LogP contribution in [0.5, 0.6) is 5.75 Å². The molecule has 2 aromatic carbocycles. The van der Waals surface area contributed by atoms with Gasteiger partial charge in [0.05, 0.1) is 7.11 Å². The first-order chi connectivity index (χ1) is 15.9. The van der Waals surface area contributed by atoms with E-state index in [4.69, 9.17) is 4.74 Å². The van der Waals surface area contributed by atoms with Gasteiger partial charge < -0.3 is 20.0 Å². The van der Waals surface area contributed by atoms with Gasteiger partial charge in [0.1, 0.15) is 11.4 Å². The Labute approximate surface area is 193 Å². The zero-order valence-corrected chi connectivity index (χ0v) is 19.4. The van der Waals surface area contributed by atoms with Crippen LogP contribution >= 0.6 is 0 Å². The monoisotopic (exact) mass is 443 g/mol. The predicted molar refractivity (Wildman–Crippen MR) is 130 cm³/mol. The van der Waals surface area contributed by atoms with E-state index in [9.17, 15) is 9.59 Å². The minimum atomic E-state index is -0.208. The molecule has 4 rings (SSSR count). The topological polar surface area (TPSA) is 87.0 Å². The molecule has 0 saturated heterocycles. The SMILES string of the molecule is CCc1c(C(=O)NCC(c2ccc(OC)cc2)c2c[nH]c3ccccc23)[nH]c(C)c1C(C)=O. The molecule has 4 aromatic rings. The molecule has 2 aromatic heterocycles. The van der Waals surface area contributed by atoms with Gasteiger partial charge in [-0.05, 0) is 55.2 Å². The van der Waals surface area contributed by atoms with Gasteiger partial charge in [0.25, 0.3) is 5.91 Å². The van der Waals surface area contributed by atoms with Crippen molar-refractivity contribution in [3.8, 4) is 5.75 Å². The second kappa shape index (κ2) is 9.36. The summed E-state index contributed by atoms with van der Waals surface area (Å²) >= 11 is 0. The third-order valence-corrected chi connectivity index (χ3v) is 6.21. The number of aromatic amines is 2. The average molecular weight is 444 g/mol. The zero-order valence-electron chi connectivity index (χ0n) is 19.4. The number of aromatic nitrogens is 2. The minimum absolute atomic E-state index is 0.0328. The van der Waals surface area contributed by atoms with E-state index in [1.165, 1.54) is 6.92 Å². The van der Waals surface area contributed by atoms with Crippen molar-refractivity contribution in [1.82, 2.24) is 15.3 Å². The number of carbonyl (C=O) groups is 2. The van der Waals surface area contributed by atoms with Crippen LogP contribution in [0.4, 0.5) is 0 Å². The van der Waals surface area contributed by atoms with Crippen molar-refractivity contribution in [1.29, 1.82) is 0 Å². The third kappa shape index (κ3) is 4.29. The molecule has 2 heterocycles. The Bertz CT molecular complexity index is 1300. The van der Waals surface area contributed by atoms with Crippen LogP contribution in [0.25, 0.3) is 10.9 Å². The summed E-state index contributed by atoms with van der Waals surface area (Å²) in [5.74, 6) is 0.478. The average Bonchev–Trinajstić information content (AvgIpc) is 3.40. The molecule has 0 aliphatic rings. The summed E-state index contributed by atoms with van der Waals surface area (Å²) in [6.45, 7) is 5.73. The summed E-state index contributed by atoms with van der Waals surface area (Å²) in [6.07, 6.45) is 2.61. The Morgan fingerprint density at radius 1 is 1.09 bits per heavy atom. The quantitative estimate of drug-likeness (QED) is 0.330. The third-order valence-electron chi connectivity index (χ3n) is 6.21. The Hall–Kier alpha value is -3.80. The number of ether oxygens (including phenoxy) is 1. The summed E-state index contributed by atoms with van der Waals surface area (Å²) in [6, 6.07) is 16.1. The van der Waals surface area contributed by atoms with Crippen molar-refractivity contribution in [3.63, 3.8) is 0 Å². The molecule has 0 radical (unpaired) electrons. The number of amides is 1. The van der Waals surface area contributed by atoms with E-state index in [1.54, 1.807) is 7.11 Å². The maximum absolute atomic E-state index is 13.2. The first-order valence-electron chi connectivity index (χ1n) is 11.1. The molecular formula is C27H29N3O3. The summed E-state index contributed by atoms with van der Waals surface area (Å²) in [5.41, 5.74) is 5.82. The fourth-order valence-corrected chi connectivity index (χ4v) is 4.61. The maximum atomic E-state index is 13.2. The molecule has 0 aliphatic carbocycles. The Balaban J connectivity index is 1.67. The highest BCUT2D eigenvalue weighted by molar-refractivity contribution is 6.02. The van der Waals surface area contributed by atoms with Crippen molar-refractivity contribution in [3.05, 3.63) is 88.4 Å². The number of Topliss-reactive ketones (excluding diaryl/α,β-unsaturated/α-hetero) is 1. The molecule has 3 N–H and O–H groups in total. The highest BCUT2D eigenvalue weighted by atomic mass is 16.5. The Kier molecular flexibility index (Phi) is 6.36. The van der Waals surface area contributed by atoms with Crippen molar-refractivity contribution < 1.29 is 14.3 Å². The first-order valence-corrected chi connectivity index (χ1v) is 11.1. The van der Waals surface area contributed by atoms with Gasteiger partial charge in [0.15, 0.2) is 5.78 Å². The number of hydrogen-bond acceptors (Lipinski definition) is 3. The lowest BCUT2D eigenvalue weighted by atomic mass is 9.90. The van der Waals surface area contributed by atoms with E-state index in [0.29, 0.717) is 24.2 Å². The molecule has 1 unspecified atom stereocenters. The summed E-state index contributed by atoms with van der Waals surface area (Å²) < 4.78 is 5.32. The molecule has 6 nitrogen and oxygen atoms in total. The van der Waals surface area contributed by atoms with Crippen molar-refractivity contribution in [2.24, 2.45) is 0 Å². The highest BCUT2D eigenvalue weighted by Crippen LogP contribution is 2.31. The molecule has 1 atom stereocenters. The number of nitrogens with one attached hydrogen (secondary N) is 3. The number of fused-ring (bicyclic) bond motifs is 1. The van der Waals surface area contributed by atoms with Crippen LogP contribution in [0.3, 0.4) is 0 Å². The van der Waals surface area contributed by atoms with E-state index >= 15 is 0 Å². The van der Waals surface area contributed by atoms with Crippen LogP contribution in [0, 0.1) is 6.92 Å². The largest absolute Gasteiger partial charge is 0.497 e. The molecule has 33 heavy (non-hydrogen) atoms. The van der Waals surface area contributed by atoms with Gasteiger partial charge in [-0.25, -0.2) is 0 Å². The fourth-order valence-electron chi connectivity index (χ4n) is 4.61. The fraction of sp³-hybridized carbons (Fsp3) is 0.259. The van der Waals surface area contributed by atoms with Crippen LogP contribution in [-0.2, 0) is 6.42 Å². The molecule has 1 amide bonds.